The summed E-state index contributed by atoms with van der Waals surface area (Å²) in [6.45, 7) is 0.508. The van der Waals surface area contributed by atoms with E-state index in [0.717, 1.165) is 5.56 Å². The molecular weight excluding hydrogens is 220 g/mol. The van der Waals surface area contributed by atoms with Crippen molar-refractivity contribution in [2.45, 2.75) is 6.54 Å². The van der Waals surface area contributed by atoms with Crippen molar-refractivity contribution in [3.63, 3.8) is 0 Å². The first kappa shape index (κ1) is 11.1. The first-order valence-electron chi connectivity index (χ1n) is 5.00. The van der Waals surface area contributed by atoms with Crippen LogP contribution in [0.2, 0.25) is 0 Å². The Balaban J connectivity index is 2.13. The summed E-state index contributed by atoms with van der Waals surface area (Å²) in [4.78, 5) is 21.1. The lowest BCUT2D eigenvalue weighted by atomic mass is 10.1. The maximum atomic E-state index is 10.7. The smallest absolute Gasteiger partial charge is 0.335 e. The van der Waals surface area contributed by atoms with Crippen LogP contribution in [-0.2, 0) is 6.54 Å². The van der Waals surface area contributed by atoms with Crippen LogP contribution in [0.4, 0.5) is 0 Å². The van der Waals surface area contributed by atoms with E-state index in [1.807, 2.05) is 0 Å². The number of carboxylic acids is 1. The zero-order valence-corrected chi connectivity index (χ0v) is 8.91. The number of nitrogens with zero attached hydrogens (tertiary/aromatic N) is 2. The van der Waals surface area contributed by atoms with Gasteiger partial charge in [-0.2, -0.15) is 5.10 Å². The molecule has 0 saturated heterocycles. The molecule has 0 fully saturated rings. The Morgan fingerprint density at radius 2 is 2.00 bits per heavy atom. The van der Waals surface area contributed by atoms with Crippen LogP contribution in [0.15, 0.2) is 36.5 Å². The van der Waals surface area contributed by atoms with E-state index in [2.05, 4.69) is 5.10 Å². The van der Waals surface area contributed by atoms with E-state index in [9.17, 15) is 9.59 Å². The average molecular weight is 230 g/mol. The van der Waals surface area contributed by atoms with E-state index in [0.29, 0.717) is 18.5 Å². The number of benzene rings is 1. The molecular formula is C12H10N2O3. The van der Waals surface area contributed by atoms with E-state index in [4.69, 9.17) is 5.11 Å². The molecule has 5 heteroatoms. The molecule has 0 spiro atoms. The fourth-order valence-corrected chi connectivity index (χ4v) is 1.47. The first-order valence-corrected chi connectivity index (χ1v) is 5.00. The van der Waals surface area contributed by atoms with Crippen molar-refractivity contribution in [2.24, 2.45) is 0 Å². The molecule has 0 unspecified atom stereocenters. The Bertz CT molecular complexity index is 543. The molecule has 86 valence electrons. The van der Waals surface area contributed by atoms with Crippen LogP contribution >= 0.6 is 0 Å². The highest BCUT2D eigenvalue weighted by molar-refractivity contribution is 5.87. The predicted octanol–water partition coefficient (Wildman–Crippen LogP) is 1.44. The van der Waals surface area contributed by atoms with Crippen molar-refractivity contribution in [3.8, 4) is 0 Å². The van der Waals surface area contributed by atoms with Crippen LogP contribution in [0.5, 0.6) is 0 Å². The fraction of sp³-hybridized carbons (Fsp3) is 0.0833. The summed E-state index contributed by atoms with van der Waals surface area (Å²) in [5.74, 6) is -0.945. The van der Waals surface area contributed by atoms with Crippen LogP contribution < -0.4 is 0 Å². The molecule has 0 aliphatic rings. The normalized spacial score (nSPS) is 10.1. The van der Waals surface area contributed by atoms with Gasteiger partial charge in [0.1, 0.15) is 5.69 Å². The lowest BCUT2D eigenvalue weighted by molar-refractivity contribution is 0.0696. The number of carbonyl (C=O) groups is 2. The highest BCUT2D eigenvalue weighted by Gasteiger charge is 2.03. The second-order valence-corrected chi connectivity index (χ2v) is 3.56. The number of rotatable bonds is 4. The van der Waals surface area contributed by atoms with Crippen LogP contribution in [0.3, 0.4) is 0 Å². The Hall–Kier alpha value is -2.43. The molecule has 0 bridgehead atoms. The van der Waals surface area contributed by atoms with E-state index < -0.39 is 5.97 Å². The van der Waals surface area contributed by atoms with Gasteiger partial charge in [-0.05, 0) is 23.8 Å². The van der Waals surface area contributed by atoms with Gasteiger partial charge < -0.3 is 5.11 Å². The summed E-state index contributed by atoms with van der Waals surface area (Å²) in [5.41, 5.74) is 1.56. The fourth-order valence-electron chi connectivity index (χ4n) is 1.47. The van der Waals surface area contributed by atoms with Gasteiger partial charge in [-0.1, -0.05) is 12.1 Å². The summed E-state index contributed by atoms with van der Waals surface area (Å²) < 4.78 is 1.62. The summed E-state index contributed by atoms with van der Waals surface area (Å²) in [7, 11) is 0. The molecule has 1 aromatic heterocycles. The van der Waals surface area contributed by atoms with Crippen LogP contribution in [0.1, 0.15) is 26.4 Å². The van der Waals surface area contributed by atoms with E-state index in [-0.39, 0.29) is 5.56 Å². The van der Waals surface area contributed by atoms with Crippen molar-refractivity contribution in [2.75, 3.05) is 0 Å². The van der Waals surface area contributed by atoms with Crippen molar-refractivity contribution >= 4 is 12.3 Å². The van der Waals surface area contributed by atoms with Gasteiger partial charge in [-0.3, -0.25) is 9.48 Å². The summed E-state index contributed by atoms with van der Waals surface area (Å²) in [5, 5.41) is 12.8. The third kappa shape index (κ3) is 2.57. The number of aromatic carboxylic acids is 1. The van der Waals surface area contributed by atoms with Crippen LogP contribution in [0, 0.1) is 0 Å². The number of hydrogen-bond acceptors (Lipinski definition) is 3. The minimum Gasteiger partial charge on any atom is -0.478 e. The van der Waals surface area contributed by atoms with Crippen LogP contribution in [-0.4, -0.2) is 27.1 Å². The topological polar surface area (TPSA) is 72.2 Å². The molecule has 2 aromatic rings. The molecule has 17 heavy (non-hydrogen) atoms. The Morgan fingerprint density at radius 3 is 2.53 bits per heavy atom. The first-order chi connectivity index (χ1) is 8.19. The lowest BCUT2D eigenvalue weighted by Crippen LogP contribution is -2.02. The van der Waals surface area contributed by atoms with Gasteiger partial charge in [-0.25, -0.2) is 4.79 Å². The highest BCUT2D eigenvalue weighted by Crippen LogP contribution is 2.06. The molecule has 0 saturated carbocycles. The van der Waals surface area contributed by atoms with Gasteiger partial charge in [0.05, 0.1) is 12.1 Å². The van der Waals surface area contributed by atoms with Gasteiger partial charge in [0, 0.05) is 6.20 Å². The average Bonchev–Trinajstić information content (AvgIpc) is 2.77. The highest BCUT2D eigenvalue weighted by atomic mass is 16.4. The number of carbonyl (C=O) groups excluding carboxylic acids is 1. The molecule has 0 amide bonds. The van der Waals surface area contributed by atoms with E-state index >= 15 is 0 Å². The second kappa shape index (κ2) is 4.61. The summed E-state index contributed by atoms with van der Waals surface area (Å²) >= 11 is 0. The van der Waals surface area contributed by atoms with Crippen molar-refractivity contribution in [3.05, 3.63) is 53.3 Å². The van der Waals surface area contributed by atoms with Crippen molar-refractivity contribution < 1.29 is 14.7 Å². The SMILES string of the molecule is O=Cc1ccn(Cc2ccc(C(=O)O)cc2)n1. The molecule has 0 atom stereocenters. The quantitative estimate of drug-likeness (QED) is 0.807. The van der Waals surface area contributed by atoms with Gasteiger partial charge in [0.25, 0.3) is 0 Å². The standard InChI is InChI=1S/C12H10N2O3/c15-8-11-5-6-14(13-11)7-9-1-3-10(4-2-9)12(16)17/h1-6,8H,7H2,(H,16,17). The minimum atomic E-state index is -0.945. The molecule has 5 nitrogen and oxygen atoms in total. The van der Waals surface area contributed by atoms with Gasteiger partial charge in [-0.15, -0.1) is 0 Å². The molecule has 1 aromatic carbocycles. The maximum absolute atomic E-state index is 10.7. The Labute approximate surface area is 97.3 Å². The molecule has 0 radical (unpaired) electrons. The largest absolute Gasteiger partial charge is 0.478 e. The van der Waals surface area contributed by atoms with Gasteiger partial charge in [0.15, 0.2) is 6.29 Å². The molecule has 0 aliphatic carbocycles. The van der Waals surface area contributed by atoms with E-state index in [1.54, 1.807) is 41.2 Å². The molecule has 0 aliphatic heterocycles. The molecule has 2 rings (SSSR count). The van der Waals surface area contributed by atoms with E-state index in [1.165, 1.54) is 0 Å². The Morgan fingerprint density at radius 1 is 1.29 bits per heavy atom. The van der Waals surface area contributed by atoms with Crippen molar-refractivity contribution in [1.29, 1.82) is 0 Å². The van der Waals surface area contributed by atoms with Gasteiger partial charge >= 0.3 is 5.97 Å². The number of carboxylic acid groups (broad SMARTS) is 1. The molecule has 1 N–H and O–H groups in total. The maximum Gasteiger partial charge on any atom is 0.335 e. The van der Waals surface area contributed by atoms with Crippen LogP contribution in [0.25, 0.3) is 0 Å². The summed E-state index contributed by atoms with van der Waals surface area (Å²) in [6.07, 6.45) is 2.39. The predicted molar refractivity (Wildman–Crippen MR) is 60.1 cm³/mol. The number of hydrogen-bond donors (Lipinski definition) is 1. The third-order valence-electron chi connectivity index (χ3n) is 2.33. The Kier molecular flexibility index (Phi) is 3.00. The monoisotopic (exact) mass is 230 g/mol. The third-order valence-corrected chi connectivity index (χ3v) is 2.33. The lowest BCUT2D eigenvalue weighted by Gasteiger charge is -2.02. The minimum absolute atomic E-state index is 0.253. The number of aldehydes is 1. The van der Waals surface area contributed by atoms with Crippen molar-refractivity contribution in [1.82, 2.24) is 9.78 Å². The summed E-state index contributed by atoms with van der Waals surface area (Å²) in [6, 6.07) is 8.17. The number of aromatic nitrogens is 2. The molecule has 1 heterocycles. The zero-order chi connectivity index (χ0) is 12.3. The second-order valence-electron chi connectivity index (χ2n) is 3.56. The zero-order valence-electron chi connectivity index (χ0n) is 8.91. The van der Waals surface area contributed by atoms with Gasteiger partial charge in [0.2, 0.25) is 0 Å².